The summed E-state index contributed by atoms with van der Waals surface area (Å²) in [4.78, 5) is 22.9. The Morgan fingerprint density at radius 1 is 1.39 bits per heavy atom. The summed E-state index contributed by atoms with van der Waals surface area (Å²) in [5, 5.41) is 24.6. The Bertz CT molecular complexity index is 479. The highest BCUT2D eigenvalue weighted by atomic mass is 16.4. The predicted octanol–water partition coefficient (Wildman–Crippen LogP) is -0.399. The number of carboxylic acid groups (broad SMARTS) is 1. The van der Waals surface area contributed by atoms with E-state index in [1.165, 1.54) is 6.92 Å². The molecular weight excluding hydrogens is 238 g/mol. The van der Waals surface area contributed by atoms with Gasteiger partial charge in [0.15, 0.2) is 6.04 Å². The van der Waals surface area contributed by atoms with Gasteiger partial charge in [-0.3, -0.25) is 9.48 Å². The summed E-state index contributed by atoms with van der Waals surface area (Å²) in [6.07, 6.45) is -1.18. The van der Waals surface area contributed by atoms with Gasteiger partial charge in [-0.2, -0.15) is 5.10 Å². The van der Waals surface area contributed by atoms with Crippen LogP contribution in [0, 0.1) is 13.8 Å². The number of carbonyl (C=O) groups excluding carboxylic acids is 1. The fourth-order valence-electron chi connectivity index (χ4n) is 1.70. The zero-order valence-electron chi connectivity index (χ0n) is 10.8. The average Bonchev–Trinajstić information content (AvgIpc) is 2.48. The molecule has 0 saturated carbocycles. The third-order valence-corrected chi connectivity index (χ3v) is 2.77. The standard InChI is InChI=1S/C11H17N3O4/c1-5-8(6(2)14(4)13-5)10(16)12-9(7(3)15)11(17)18/h7,9,15H,1-4H3,(H,12,16)(H,17,18). The van der Waals surface area contributed by atoms with Gasteiger partial charge in [-0.15, -0.1) is 0 Å². The zero-order chi connectivity index (χ0) is 14.0. The number of carbonyl (C=O) groups is 2. The van der Waals surface area contributed by atoms with Crippen LogP contribution in [0.3, 0.4) is 0 Å². The predicted molar refractivity (Wildman–Crippen MR) is 63.3 cm³/mol. The van der Waals surface area contributed by atoms with Crippen LogP contribution >= 0.6 is 0 Å². The second-order valence-electron chi connectivity index (χ2n) is 4.20. The van der Waals surface area contributed by atoms with E-state index in [1.807, 2.05) is 0 Å². The van der Waals surface area contributed by atoms with E-state index in [0.717, 1.165) is 0 Å². The topological polar surface area (TPSA) is 104 Å². The van der Waals surface area contributed by atoms with Crippen molar-refractivity contribution in [2.24, 2.45) is 7.05 Å². The van der Waals surface area contributed by atoms with Gasteiger partial charge in [-0.25, -0.2) is 4.79 Å². The van der Waals surface area contributed by atoms with Crippen molar-refractivity contribution in [1.29, 1.82) is 0 Å². The van der Waals surface area contributed by atoms with E-state index in [-0.39, 0.29) is 0 Å². The Hall–Kier alpha value is -1.89. The summed E-state index contributed by atoms with van der Waals surface area (Å²) in [6.45, 7) is 4.69. The number of amides is 1. The minimum atomic E-state index is -1.34. The Labute approximate surface area is 104 Å². The lowest BCUT2D eigenvalue weighted by Crippen LogP contribution is -2.47. The molecule has 1 aromatic rings. The lowest BCUT2D eigenvalue weighted by atomic mass is 10.1. The van der Waals surface area contributed by atoms with Gasteiger partial charge < -0.3 is 15.5 Å². The van der Waals surface area contributed by atoms with E-state index in [4.69, 9.17) is 5.11 Å². The van der Waals surface area contributed by atoms with Crippen LogP contribution in [0.5, 0.6) is 0 Å². The Balaban J connectivity index is 2.98. The van der Waals surface area contributed by atoms with Gasteiger partial charge in [0.25, 0.3) is 5.91 Å². The van der Waals surface area contributed by atoms with Gasteiger partial charge in [0.1, 0.15) is 0 Å². The average molecular weight is 255 g/mol. The van der Waals surface area contributed by atoms with E-state index in [0.29, 0.717) is 17.0 Å². The number of aliphatic hydroxyl groups is 1. The summed E-state index contributed by atoms with van der Waals surface area (Å²) >= 11 is 0. The number of aliphatic hydroxyl groups excluding tert-OH is 1. The minimum absolute atomic E-state index is 0.337. The van der Waals surface area contributed by atoms with Gasteiger partial charge in [-0.05, 0) is 20.8 Å². The van der Waals surface area contributed by atoms with Gasteiger partial charge in [-0.1, -0.05) is 0 Å². The number of nitrogens with one attached hydrogen (secondary N) is 1. The molecule has 0 aromatic carbocycles. The quantitative estimate of drug-likeness (QED) is 0.679. The third kappa shape index (κ3) is 2.67. The fourth-order valence-corrected chi connectivity index (χ4v) is 1.70. The number of rotatable bonds is 4. The molecule has 0 aliphatic rings. The van der Waals surface area contributed by atoms with Crippen LogP contribution in [0.25, 0.3) is 0 Å². The van der Waals surface area contributed by atoms with Crippen molar-refractivity contribution in [3.05, 3.63) is 17.0 Å². The number of carboxylic acids is 1. The van der Waals surface area contributed by atoms with E-state index in [9.17, 15) is 14.7 Å². The molecule has 1 rings (SSSR count). The molecule has 0 bridgehead atoms. The second-order valence-corrected chi connectivity index (χ2v) is 4.20. The molecule has 100 valence electrons. The van der Waals surface area contributed by atoms with Crippen LogP contribution in [0.2, 0.25) is 0 Å². The summed E-state index contributed by atoms with van der Waals surface area (Å²) in [7, 11) is 1.70. The van der Waals surface area contributed by atoms with Crippen LogP contribution in [0.1, 0.15) is 28.7 Å². The molecule has 0 radical (unpaired) electrons. The van der Waals surface area contributed by atoms with Crippen molar-refractivity contribution in [1.82, 2.24) is 15.1 Å². The monoisotopic (exact) mass is 255 g/mol. The van der Waals surface area contributed by atoms with Crippen molar-refractivity contribution >= 4 is 11.9 Å². The molecule has 2 unspecified atom stereocenters. The maximum atomic E-state index is 12.0. The number of hydrogen-bond acceptors (Lipinski definition) is 4. The maximum absolute atomic E-state index is 12.0. The van der Waals surface area contributed by atoms with E-state index in [2.05, 4.69) is 10.4 Å². The van der Waals surface area contributed by atoms with Gasteiger partial charge in [0.2, 0.25) is 0 Å². The first-order valence-corrected chi connectivity index (χ1v) is 5.47. The van der Waals surface area contributed by atoms with Crippen molar-refractivity contribution in [3.8, 4) is 0 Å². The van der Waals surface area contributed by atoms with Crippen molar-refractivity contribution < 1.29 is 19.8 Å². The SMILES string of the molecule is Cc1nn(C)c(C)c1C(=O)NC(C(=O)O)C(C)O. The van der Waals surface area contributed by atoms with Crippen LogP contribution in [-0.2, 0) is 11.8 Å². The Morgan fingerprint density at radius 3 is 2.28 bits per heavy atom. The first kappa shape index (κ1) is 14.2. The normalized spacial score (nSPS) is 14.1. The number of aliphatic carboxylic acids is 1. The lowest BCUT2D eigenvalue weighted by Gasteiger charge is -2.17. The molecule has 0 fully saturated rings. The summed E-state index contributed by atoms with van der Waals surface area (Å²) in [6, 6.07) is -1.34. The molecule has 0 saturated heterocycles. The summed E-state index contributed by atoms with van der Waals surface area (Å²) in [5.41, 5.74) is 1.49. The first-order valence-electron chi connectivity index (χ1n) is 5.47. The van der Waals surface area contributed by atoms with Crippen LogP contribution in [0.15, 0.2) is 0 Å². The minimum Gasteiger partial charge on any atom is -0.480 e. The van der Waals surface area contributed by atoms with Crippen LogP contribution < -0.4 is 5.32 Å². The van der Waals surface area contributed by atoms with E-state index in [1.54, 1.807) is 25.6 Å². The fraction of sp³-hybridized carbons (Fsp3) is 0.545. The highest BCUT2D eigenvalue weighted by molar-refractivity contribution is 5.98. The van der Waals surface area contributed by atoms with E-state index < -0.39 is 24.0 Å². The Morgan fingerprint density at radius 2 is 1.94 bits per heavy atom. The molecule has 0 spiro atoms. The summed E-state index contributed by atoms with van der Waals surface area (Å²) in [5.74, 6) is -1.83. The molecule has 3 N–H and O–H groups in total. The highest BCUT2D eigenvalue weighted by Crippen LogP contribution is 2.12. The molecular formula is C11H17N3O4. The van der Waals surface area contributed by atoms with Crippen LogP contribution in [0.4, 0.5) is 0 Å². The molecule has 1 heterocycles. The number of hydrogen-bond donors (Lipinski definition) is 3. The maximum Gasteiger partial charge on any atom is 0.328 e. The molecule has 18 heavy (non-hydrogen) atoms. The van der Waals surface area contributed by atoms with Crippen molar-refractivity contribution in [3.63, 3.8) is 0 Å². The molecule has 1 aromatic heterocycles. The van der Waals surface area contributed by atoms with Crippen molar-refractivity contribution in [2.45, 2.75) is 32.9 Å². The first-order chi connectivity index (χ1) is 8.25. The van der Waals surface area contributed by atoms with Gasteiger partial charge in [0.05, 0.1) is 17.4 Å². The zero-order valence-corrected chi connectivity index (χ0v) is 10.8. The second kappa shape index (κ2) is 5.18. The van der Waals surface area contributed by atoms with Gasteiger partial charge >= 0.3 is 5.97 Å². The van der Waals surface area contributed by atoms with Gasteiger partial charge in [0, 0.05) is 12.7 Å². The molecule has 7 heteroatoms. The highest BCUT2D eigenvalue weighted by Gasteiger charge is 2.27. The van der Waals surface area contributed by atoms with Crippen LogP contribution in [-0.4, -0.2) is 44.0 Å². The molecule has 0 aliphatic carbocycles. The summed E-state index contributed by atoms with van der Waals surface area (Å²) < 4.78 is 1.54. The lowest BCUT2D eigenvalue weighted by molar-refractivity contribution is -0.141. The molecule has 2 atom stereocenters. The van der Waals surface area contributed by atoms with E-state index >= 15 is 0 Å². The van der Waals surface area contributed by atoms with Crippen molar-refractivity contribution in [2.75, 3.05) is 0 Å². The Kier molecular flexibility index (Phi) is 4.07. The smallest absolute Gasteiger partial charge is 0.328 e. The molecule has 7 nitrogen and oxygen atoms in total. The third-order valence-electron chi connectivity index (χ3n) is 2.77. The molecule has 1 amide bonds. The number of aryl methyl sites for hydroxylation is 2. The molecule has 0 aliphatic heterocycles. The number of nitrogens with zero attached hydrogens (tertiary/aromatic N) is 2. The number of aromatic nitrogens is 2. The largest absolute Gasteiger partial charge is 0.480 e.